The summed E-state index contributed by atoms with van der Waals surface area (Å²) in [5.74, 6) is -0.648. The van der Waals surface area contributed by atoms with Crippen LogP contribution < -0.4 is 5.56 Å². The van der Waals surface area contributed by atoms with Crippen molar-refractivity contribution in [3.05, 3.63) is 40.6 Å². The molecule has 0 saturated heterocycles. The predicted molar refractivity (Wildman–Crippen MR) is 55.2 cm³/mol. The van der Waals surface area contributed by atoms with Crippen molar-refractivity contribution >= 4 is 17.1 Å². The first-order valence-corrected chi connectivity index (χ1v) is 4.43. The molecule has 2 heterocycles. The molecule has 0 amide bonds. The highest BCUT2D eigenvalue weighted by atomic mass is 19.3. The summed E-state index contributed by atoms with van der Waals surface area (Å²) in [6.45, 7) is 3.50. The van der Waals surface area contributed by atoms with Gasteiger partial charge in [0.1, 0.15) is 0 Å². The second-order valence-electron chi connectivity index (χ2n) is 3.06. The molecule has 2 rings (SSSR count). The Morgan fingerprint density at radius 2 is 2.12 bits per heavy atom. The molecule has 0 aliphatic rings. The predicted octanol–water partition coefficient (Wildman–Crippen LogP) is 1.90. The molecule has 4 nitrogen and oxygen atoms in total. The topological polar surface area (TPSA) is 58.6 Å². The number of fused-ring (bicyclic) bond motifs is 1. The minimum absolute atomic E-state index is 0.0294. The van der Waals surface area contributed by atoms with Crippen molar-refractivity contribution in [3.63, 3.8) is 0 Å². The van der Waals surface area contributed by atoms with Gasteiger partial charge >= 0.3 is 0 Å². The molecule has 0 aromatic carbocycles. The number of pyridine rings is 1. The van der Waals surface area contributed by atoms with Crippen LogP contribution in [0.4, 0.5) is 8.78 Å². The number of hydrogen-bond acceptors (Lipinski definition) is 3. The lowest BCUT2D eigenvalue weighted by molar-refractivity contribution is 0.140. The van der Waals surface area contributed by atoms with Crippen molar-refractivity contribution in [2.24, 2.45) is 0 Å². The van der Waals surface area contributed by atoms with Gasteiger partial charge in [0, 0.05) is 0 Å². The van der Waals surface area contributed by atoms with E-state index >= 15 is 0 Å². The third-order valence-corrected chi connectivity index (χ3v) is 2.01. The van der Waals surface area contributed by atoms with E-state index in [-0.39, 0.29) is 11.0 Å². The summed E-state index contributed by atoms with van der Waals surface area (Å²) in [6, 6.07) is 3.01. The molecule has 0 bridgehead atoms. The Bertz CT molecular complexity index is 607. The summed E-state index contributed by atoms with van der Waals surface area (Å²) in [4.78, 5) is 21.0. The standard InChI is InChI=1S/C10H7F2N3O/c1-2-5-3-4-6-7(13-5)10(16)15-9(14-6)8(11)12/h2-4,8H,1H2,(H,14,15,16). The zero-order chi connectivity index (χ0) is 11.7. The monoisotopic (exact) mass is 223 g/mol. The van der Waals surface area contributed by atoms with E-state index in [4.69, 9.17) is 0 Å². The van der Waals surface area contributed by atoms with E-state index in [1.54, 1.807) is 6.07 Å². The van der Waals surface area contributed by atoms with Crippen LogP contribution in [0.5, 0.6) is 0 Å². The maximum absolute atomic E-state index is 12.4. The molecule has 0 spiro atoms. The SMILES string of the molecule is C=Cc1ccc2nc(C(F)F)[nH]c(=O)c2n1. The summed E-state index contributed by atoms with van der Waals surface area (Å²) < 4.78 is 24.7. The second-order valence-corrected chi connectivity index (χ2v) is 3.06. The van der Waals surface area contributed by atoms with Crippen LogP contribution in [0.1, 0.15) is 17.9 Å². The zero-order valence-electron chi connectivity index (χ0n) is 8.08. The van der Waals surface area contributed by atoms with Crippen LogP contribution in [-0.4, -0.2) is 15.0 Å². The molecule has 0 radical (unpaired) electrons. The van der Waals surface area contributed by atoms with Gasteiger partial charge in [-0.2, -0.15) is 0 Å². The number of aromatic nitrogens is 3. The third kappa shape index (κ3) is 1.69. The number of nitrogens with zero attached hydrogens (tertiary/aromatic N) is 2. The van der Waals surface area contributed by atoms with Crippen LogP contribution >= 0.6 is 0 Å². The maximum atomic E-state index is 12.4. The number of H-pyrrole nitrogens is 1. The summed E-state index contributed by atoms with van der Waals surface area (Å²) in [5.41, 5.74) is -0.0138. The Morgan fingerprint density at radius 3 is 2.75 bits per heavy atom. The maximum Gasteiger partial charge on any atom is 0.295 e. The number of hydrogen-bond donors (Lipinski definition) is 1. The summed E-state index contributed by atoms with van der Waals surface area (Å²) in [5, 5.41) is 0. The number of rotatable bonds is 2. The van der Waals surface area contributed by atoms with Crippen LogP contribution in [0, 0.1) is 0 Å². The van der Waals surface area contributed by atoms with Gasteiger partial charge < -0.3 is 4.98 Å². The molecule has 82 valence electrons. The first-order valence-electron chi connectivity index (χ1n) is 4.43. The van der Waals surface area contributed by atoms with Crippen LogP contribution in [-0.2, 0) is 0 Å². The molecule has 16 heavy (non-hydrogen) atoms. The molecule has 0 aliphatic heterocycles. The van der Waals surface area contributed by atoms with E-state index in [0.717, 1.165) is 0 Å². The van der Waals surface area contributed by atoms with Crippen molar-refractivity contribution in [1.82, 2.24) is 15.0 Å². The molecule has 1 N–H and O–H groups in total. The van der Waals surface area contributed by atoms with Gasteiger partial charge in [0.2, 0.25) is 0 Å². The number of alkyl halides is 2. The average molecular weight is 223 g/mol. The zero-order valence-corrected chi connectivity index (χ0v) is 8.08. The van der Waals surface area contributed by atoms with E-state index in [1.165, 1.54) is 12.1 Å². The van der Waals surface area contributed by atoms with E-state index in [0.29, 0.717) is 5.69 Å². The van der Waals surface area contributed by atoms with E-state index in [1.807, 2.05) is 4.98 Å². The van der Waals surface area contributed by atoms with Gasteiger partial charge in [-0.3, -0.25) is 4.79 Å². The van der Waals surface area contributed by atoms with Gasteiger partial charge in [0.05, 0.1) is 11.2 Å². The summed E-state index contributed by atoms with van der Waals surface area (Å²) >= 11 is 0. The van der Waals surface area contributed by atoms with Gasteiger partial charge in [-0.05, 0) is 18.2 Å². The lowest BCUT2D eigenvalue weighted by Gasteiger charge is -2.01. The first kappa shape index (κ1) is 10.4. The minimum Gasteiger partial charge on any atom is -0.304 e. The van der Waals surface area contributed by atoms with Gasteiger partial charge in [-0.25, -0.2) is 18.7 Å². The van der Waals surface area contributed by atoms with Crippen molar-refractivity contribution in [3.8, 4) is 0 Å². The van der Waals surface area contributed by atoms with Crippen molar-refractivity contribution in [1.29, 1.82) is 0 Å². The number of halogens is 2. The van der Waals surface area contributed by atoms with Crippen molar-refractivity contribution in [2.75, 3.05) is 0 Å². The molecule has 0 atom stereocenters. The summed E-state index contributed by atoms with van der Waals surface area (Å²) in [6.07, 6.45) is -1.35. The highest BCUT2D eigenvalue weighted by molar-refractivity contribution is 5.74. The summed E-state index contributed by atoms with van der Waals surface area (Å²) in [7, 11) is 0. The quantitative estimate of drug-likeness (QED) is 0.845. The number of aromatic amines is 1. The Morgan fingerprint density at radius 1 is 1.38 bits per heavy atom. The van der Waals surface area contributed by atoms with Crippen molar-refractivity contribution in [2.45, 2.75) is 6.43 Å². The van der Waals surface area contributed by atoms with E-state index in [2.05, 4.69) is 16.5 Å². The first-order chi connectivity index (χ1) is 7.61. The minimum atomic E-state index is -2.81. The lowest BCUT2D eigenvalue weighted by atomic mass is 10.3. The molecule has 0 aliphatic carbocycles. The van der Waals surface area contributed by atoms with Crippen molar-refractivity contribution < 1.29 is 8.78 Å². The largest absolute Gasteiger partial charge is 0.304 e. The highest BCUT2D eigenvalue weighted by Crippen LogP contribution is 2.14. The second kappa shape index (κ2) is 3.80. The molecule has 2 aromatic heterocycles. The van der Waals surface area contributed by atoms with Gasteiger partial charge in [0.25, 0.3) is 12.0 Å². The molecular weight excluding hydrogens is 216 g/mol. The fourth-order valence-corrected chi connectivity index (χ4v) is 1.27. The number of nitrogens with one attached hydrogen (secondary N) is 1. The van der Waals surface area contributed by atoms with Gasteiger partial charge in [0.15, 0.2) is 11.3 Å². The van der Waals surface area contributed by atoms with Crippen LogP contribution in [0.2, 0.25) is 0 Å². The highest BCUT2D eigenvalue weighted by Gasteiger charge is 2.12. The molecule has 0 saturated carbocycles. The smallest absolute Gasteiger partial charge is 0.295 e. The Kier molecular flexibility index (Phi) is 2.47. The van der Waals surface area contributed by atoms with Crippen LogP contribution in [0.25, 0.3) is 17.1 Å². The molecular formula is C10H7F2N3O. The van der Waals surface area contributed by atoms with Gasteiger partial charge in [-0.1, -0.05) is 6.58 Å². The Labute approximate surface area is 88.7 Å². The fourth-order valence-electron chi connectivity index (χ4n) is 1.27. The third-order valence-electron chi connectivity index (χ3n) is 2.01. The van der Waals surface area contributed by atoms with Crippen LogP contribution in [0.3, 0.4) is 0 Å². The Hall–Kier alpha value is -2.11. The molecule has 0 fully saturated rings. The average Bonchev–Trinajstić information content (AvgIpc) is 2.28. The Balaban J connectivity index is 2.76. The van der Waals surface area contributed by atoms with E-state index in [9.17, 15) is 13.6 Å². The normalized spacial score (nSPS) is 10.9. The van der Waals surface area contributed by atoms with Gasteiger partial charge in [-0.15, -0.1) is 0 Å². The lowest BCUT2D eigenvalue weighted by Crippen LogP contribution is -2.13. The molecule has 2 aromatic rings. The fraction of sp³-hybridized carbons (Fsp3) is 0.100. The van der Waals surface area contributed by atoms with Crippen LogP contribution in [0.15, 0.2) is 23.5 Å². The molecule has 0 unspecified atom stereocenters. The molecule has 6 heteroatoms. The van der Waals surface area contributed by atoms with E-state index < -0.39 is 17.8 Å².